The molecule has 3 rings (SSSR count). The number of nitrogens with one attached hydrogen (secondary N) is 2. The molecule has 0 saturated heterocycles. The van der Waals surface area contributed by atoms with E-state index >= 15 is 0 Å². The molecule has 2 N–H and O–H groups in total. The highest BCUT2D eigenvalue weighted by Gasteiger charge is 2.18. The number of carbonyl (C=O) groups excluding carboxylic acids is 2. The van der Waals surface area contributed by atoms with Gasteiger partial charge in [0.05, 0.1) is 15.9 Å². The molecule has 154 valence electrons. The van der Waals surface area contributed by atoms with Crippen molar-refractivity contribution in [1.82, 2.24) is 15.2 Å². The number of aromatic nitrogens is 2. The van der Waals surface area contributed by atoms with E-state index in [0.29, 0.717) is 27.1 Å². The van der Waals surface area contributed by atoms with Crippen LogP contribution in [-0.2, 0) is 7.05 Å². The fourth-order valence-electron chi connectivity index (χ4n) is 2.98. The number of rotatable bonds is 5. The first-order valence-electron chi connectivity index (χ1n) is 9.29. The zero-order valence-corrected chi connectivity index (χ0v) is 18.7. The average molecular weight is 468 g/mol. The number of amides is 2. The second-order valence-corrected chi connectivity index (χ2v) is 7.65. The Morgan fingerprint density at radius 3 is 2.47 bits per heavy atom. The predicted molar refractivity (Wildman–Crippen MR) is 121 cm³/mol. The molecule has 0 saturated carbocycles. The maximum absolute atomic E-state index is 12.5. The van der Waals surface area contributed by atoms with Crippen LogP contribution in [0.2, 0.25) is 0 Å². The van der Waals surface area contributed by atoms with E-state index in [1.165, 1.54) is 4.68 Å². The number of hydrogen-bond donors (Lipinski definition) is 2. The Morgan fingerprint density at radius 2 is 1.80 bits per heavy atom. The van der Waals surface area contributed by atoms with E-state index in [4.69, 9.17) is 0 Å². The number of benzene rings is 2. The molecule has 7 nitrogen and oxygen atoms in total. The second-order valence-electron chi connectivity index (χ2n) is 6.86. The molecule has 2 aromatic carbocycles. The molecule has 0 fully saturated rings. The van der Waals surface area contributed by atoms with Gasteiger partial charge in [0.2, 0.25) is 0 Å². The SMILES string of the molecule is C/C(=N/NC(=O)c1c(Br)c(C)nn1C)c1cccc(NC(=O)c2ccccc2C)c1. The smallest absolute Gasteiger partial charge is 0.290 e. The van der Waals surface area contributed by atoms with Crippen molar-refractivity contribution in [3.05, 3.63) is 81.1 Å². The van der Waals surface area contributed by atoms with Gasteiger partial charge in [0.15, 0.2) is 0 Å². The molecule has 0 unspecified atom stereocenters. The lowest BCUT2D eigenvalue weighted by molar-refractivity contribution is 0.0944. The van der Waals surface area contributed by atoms with Gasteiger partial charge >= 0.3 is 0 Å². The number of hydrazone groups is 1. The van der Waals surface area contributed by atoms with Crippen LogP contribution in [0.5, 0.6) is 0 Å². The summed E-state index contributed by atoms with van der Waals surface area (Å²) in [7, 11) is 1.70. The van der Waals surface area contributed by atoms with Gasteiger partial charge in [0.1, 0.15) is 5.69 Å². The molecule has 0 aliphatic heterocycles. The van der Waals surface area contributed by atoms with Gasteiger partial charge in [-0.3, -0.25) is 14.3 Å². The minimum Gasteiger partial charge on any atom is -0.322 e. The molecule has 3 aromatic rings. The lowest BCUT2D eigenvalue weighted by Crippen LogP contribution is -2.22. The summed E-state index contributed by atoms with van der Waals surface area (Å²) in [5, 5.41) is 11.3. The summed E-state index contributed by atoms with van der Waals surface area (Å²) in [5.41, 5.74) is 7.22. The maximum atomic E-state index is 12.5. The van der Waals surface area contributed by atoms with Crippen molar-refractivity contribution >= 4 is 39.1 Å². The topological polar surface area (TPSA) is 88.4 Å². The normalized spacial score (nSPS) is 11.3. The quantitative estimate of drug-likeness (QED) is 0.435. The van der Waals surface area contributed by atoms with Crippen molar-refractivity contribution in [3.63, 3.8) is 0 Å². The predicted octanol–water partition coefficient (Wildman–Crippen LogP) is 4.21. The monoisotopic (exact) mass is 467 g/mol. The van der Waals surface area contributed by atoms with Crippen LogP contribution in [0.4, 0.5) is 5.69 Å². The Labute approximate surface area is 183 Å². The van der Waals surface area contributed by atoms with Gasteiger partial charge in [-0.25, -0.2) is 5.43 Å². The fourth-order valence-corrected chi connectivity index (χ4v) is 3.50. The van der Waals surface area contributed by atoms with Crippen LogP contribution in [0.3, 0.4) is 0 Å². The summed E-state index contributed by atoms with van der Waals surface area (Å²) < 4.78 is 2.14. The first kappa shape index (κ1) is 21.4. The Balaban J connectivity index is 1.74. The Kier molecular flexibility index (Phi) is 6.47. The summed E-state index contributed by atoms with van der Waals surface area (Å²) >= 11 is 3.38. The van der Waals surface area contributed by atoms with Gasteiger partial charge in [-0.2, -0.15) is 10.2 Å². The van der Waals surface area contributed by atoms with E-state index in [1.54, 1.807) is 26.1 Å². The van der Waals surface area contributed by atoms with Crippen LogP contribution >= 0.6 is 15.9 Å². The molecule has 0 radical (unpaired) electrons. The van der Waals surface area contributed by atoms with Crippen LogP contribution in [0.15, 0.2) is 58.1 Å². The van der Waals surface area contributed by atoms with Crippen LogP contribution in [0, 0.1) is 13.8 Å². The third kappa shape index (κ3) is 4.65. The first-order chi connectivity index (χ1) is 14.3. The molecule has 2 amide bonds. The third-order valence-electron chi connectivity index (χ3n) is 4.62. The van der Waals surface area contributed by atoms with Gasteiger partial charge in [-0.15, -0.1) is 0 Å². The zero-order chi connectivity index (χ0) is 21.8. The Morgan fingerprint density at radius 1 is 1.07 bits per heavy atom. The van der Waals surface area contributed by atoms with Crippen molar-refractivity contribution in [2.45, 2.75) is 20.8 Å². The summed E-state index contributed by atoms with van der Waals surface area (Å²) in [4.78, 5) is 25.0. The molecule has 0 bridgehead atoms. The highest BCUT2D eigenvalue weighted by Crippen LogP contribution is 2.20. The van der Waals surface area contributed by atoms with Crippen molar-refractivity contribution in [2.75, 3.05) is 5.32 Å². The maximum Gasteiger partial charge on any atom is 0.290 e. The van der Waals surface area contributed by atoms with E-state index in [1.807, 2.05) is 50.2 Å². The number of hydrogen-bond acceptors (Lipinski definition) is 4. The molecule has 0 atom stereocenters. The molecular formula is C22H22BrN5O2. The number of nitrogens with zero attached hydrogens (tertiary/aromatic N) is 3. The molecular weight excluding hydrogens is 446 g/mol. The molecule has 8 heteroatoms. The number of aryl methyl sites for hydroxylation is 3. The minimum atomic E-state index is -0.367. The van der Waals surface area contributed by atoms with E-state index in [-0.39, 0.29) is 11.8 Å². The van der Waals surface area contributed by atoms with Gasteiger partial charge in [-0.1, -0.05) is 30.3 Å². The summed E-state index contributed by atoms with van der Waals surface area (Å²) in [6.45, 7) is 5.49. The van der Waals surface area contributed by atoms with Crippen molar-refractivity contribution < 1.29 is 9.59 Å². The fraction of sp³-hybridized carbons (Fsp3) is 0.182. The highest BCUT2D eigenvalue weighted by molar-refractivity contribution is 9.10. The lowest BCUT2D eigenvalue weighted by atomic mass is 10.1. The van der Waals surface area contributed by atoms with E-state index in [9.17, 15) is 9.59 Å². The van der Waals surface area contributed by atoms with Crippen LogP contribution in [-0.4, -0.2) is 27.3 Å². The second kappa shape index (κ2) is 9.04. The standard InChI is InChI=1S/C22H22BrN5O2/c1-13-8-5-6-11-18(13)21(29)24-17-10-7-9-16(12-17)14(2)25-26-22(30)20-19(23)15(3)27-28(20)4/h5-12H,1-4H3,(H,24,29)(H,26,30)/b25-14-. The molecule has 0 aliphatic rings. The molecule has 1 aromatic heterocycles. The lowest BCUT2D eigenvalue weighted by Gasteiger charge is -2.09. The molecule has 1 heterocycles. The largest absolute Gasteiger partial charge is 0.322 e. The average Bonchev–Trinajstić information content (AvgIpc) is 2.98. The zero-order valence-electron chi connectivity index (χ0n) is 17.2. The van der Waals surface area contributed by atoms with Gasteiger partial charge in [-0.05, 0) is 66.0 Å². The van der Waals surface area contributed by atoms with E-state index < -0.39 is 0 Å². The van der Waals surface area contributed by atoms with Crippen LogP contribution in [0.25, 0.3) is 0 Å². The number of carbonyl (C=O) groups is 2. The van der Waals surface area contributed by atoms with Gasteiger partial charge in [0, 0.05) is 18.3 Å². The van der Waals surface area contributed by atoms with E-state index in [2.05, 4.69) is 36.9 Å². The van der Waals surface area contributed by atoms with Crippen molar-refractivity contribution in [1.29, 1.82) is 0 Å². The van der Waals surface area contributed by atoms with Gasteiger partial charge in [0.25, 0.3) is 11.8 Å². The first-order valence-corrected chi connectivity index (χ1v) is 10.1. The molecule has 0 spiro atoms. The van der Waals surface area contributed by atoms with E-state index in [0.717, 1.165) is 16.8 Å². The van der Waals surface area contributed by atoms with Crippen molar-refractivity contribution in [2.24, 2.45) is 12.1 Å². The van der Waals surface area contributed by atoms with Gasteiger partial charge < -0.3 is 5.32 Å². The summed E-state index contributed by atoms with van der Waals surface area (Å²) in [6, 6.07) is 14.7. The Bertz CT molecular complexity index is 1150. The number of halogens is 1. The summed E-state index contributed by atoms with van der Waals surface area (Å²) in [5.74, 6) is -0.544. The van der Waals surface area contributed by atoms with Crippen LogP contribution < -0.4 is 10.7 Å². The minimum absolute atomic E-state index is 0.176. The third-order valence-corrected chi connectivity index (χ3v) is 5.57. The van der Waals surface area contributed by atoms with Crippen molar-refractivity contribution in [3.8, 4) is 0 Å². The Hall–Kier alpha value is -3.26. The highest BCUT2D eigenvalue weighted by atomic mass is 79.9. The molecule has 0 aliphatic carbocycles. The summed E-state index contributed by atoms with van der Waals surface area (Å²) in [6.07, 6.45) is 0. The number of anilines is 1. The molecule has 30 heavy (non-hydrogen) atoms. The van der Waals surface area contributed by atoms with Crippen LogP contribution in [0.1, 0.15) is 44.6 Å².